The van der Waals surface area contributed by atoms with Crippen LogP contribution >= 0.6 is 0 Å². The molecule has 1 atom stereocenters. The van der Waals surface area contributed by atoms with E-state index < -0.39 is 0 Å². The van der Waals surface area contributed by atoms with Gasteiger partial charge in [0.15, 0.2) is 0 Å². The molecular formula is C18H22N6O2. The van der Waals surface area contributed by atoms with Gasteiger partial charge in [-0.15, -0.1) is 10.2 Å². The van der Waals surface area contributed by atoms with Crippen LogP contribution in [0.15, 0.2) is 24.7 Å². The molecule has 1 aliphatic heterocycles. The SMILES string of the molecule is CNC(=O)c1ccc(C(=O)N2CCCC(c3nncn3C3CC3)C2)cn1. The summed E-state index contributed by atoms with van der Waals surface area (Å²) >= 11 is 0. The molecule has 0 aromatic carbocycles. The number of amides is 2. The molecule has 8 nitrogen and oxygen atoms in total. The van der Waals surface area contributed by atoms with Crippen molar-refractivity contribution < 1.29 is 9.59 Å². The zero-order valence-corrected chi connectivity index (χ0v) is 14.8. The standard InChI is InChI=1S/C18H22N6O2/c1-19-17(25)15-7-4-12(9-20-15)18(26)23-8-2-3-13(10-23)16-22-21-11-24(16)14-5-6-14/h4,7,9,11,13-14H,2-3,5-6,8,10H2,1H3,(H,19,25). The van der Waals surface area contributed by atoms with E-state index in [0.29, 0.717) is 23.8 Å². The fourth-order valence-electron chi connectivity index (χ4n) is 3.52. The van der Waals surface area contributed by atoms with Gasteiger partial charge in [-0.3, -0.25) is 14.6 Å². The maximum Gasteiger partial charge on any atom is 0.269 e. The molecular weight excluding hydrogens is 332 g/mol. The summed E-state index contributed by atoms with van der Waals surface area (Å²) in [7, 11) is 1.55. The Kier molecular flexibility index (Phi) is 4.40. The normalized spacial score (nSPS) is 20.0. The van der Waals surface area contributed by atoms with Crippen molar-refractivity contribution in [2.75, 3.05) is 20.1 Å². The lowest BCUT2D eigenvalue weighted by Gasteiger charge is -2.32. The number of pyridine rings is 1. The van der Waals surface area contributed by atoms with E-state index >= 15 is 0 Å². The molecule has 1 saturated carbocycles. The Morgan fingerprint density at radius 3 is 2.77 bits per heavy atom. The zero-order chi connectivity index (χ0) is 18.1. The van der Waals surface area contributed by atoms with Crippen LogP contribution in [0.25, 0.3) is 0 Å². The molecule has 3 heterocycles. The van der Waals surface area contributed by atoms with Crippen molar-refractivity contribution in [3.05, 3.63) is 41.7 Å². The van der Waals surface area contributed by atoms with Crippen LogP contribution in [0.5, 0.6) is 0 Å². The highest BCUT2D eigenvalue weighted by molar-refractivity contribution is 5.96. The van der Waals surface area contributed by atoms with E-state index in [4.69, 9.17) is 0 Å². The average molecular weight is 354 g/mol. The molecule has 2 aromatic rings. The number of nitrogens with zero attached hydrogens (tertiary/aromatic N) is 5. The van der Waals surface area contributed by atoms with Crippen LogP contribution in [0.3, 0.4) is 0 Å². The Labute approximate surface area is 151 Å². The summed E-state index contributed by atoms with van der Waals surface area (Å²) in [5, 5.41) is 10.9. The molecule has 1 aliphatic carbocycles. The third-order valence-electron chi connectivity index (χ3n) is 5.08. The molecule has 0 radical (unpaired) electrons. The molecule has 2 fully saturated rings. The Morgan fingerprint density at radius 2 is 2.08 bits per heavy atom. The molecule has 8 heteroatoms. The van der Waals surface area contributed by atoms with Gasteiger partial charge in [-0.2, -0.15) is 0 Å². The first kappa shape index (κ1) is 16.7. The van der Waals surface area contributed by atoms with Crippen LogP contribution in [-0.4, -0.2) is 56.6 Å². The highest BCUT2D eigenvalue weighted by Gasteiger charge is 2.32. The van der Waals surface area contributed by atoms with Crippen LogP contribution in [0.4, 0.5) is 0 Å². The number of carbonyl (C=O) groups excluding carboxylic acids is 2. The van der Waals surface area contributed by atoms with Crippen molar-refractivity contribution in [2.45, 2.75) is 37.6 Å². The first-order valence-corrected chi connectivity index (χ1v) is 9.04. The van der Waals surface area contributed by atoms with Gasteiger partial charge < -0.3 is 14.8 Å². The van der Waals surface area contributed by atoms with Crippen molar-refractivity contribution in [1.82, 2.24) is 30.0 Å². The molecule has 2 aliphatic rings. The van der Waals surface area contributed by atoms with Gasteiger partial charge in [-0.1, -0.05) is 0 Å². The fraction of sp³-hybridized carbons (Fsp3) is 0.500. The lowest BCUT2D eigenvalue weighted by Crippen LogP contribution is -2.39. The highest BCUT2D eigenvalue weighted by Crippen LogP contribution is 2.38. The minimum atomic E-state index is -0.263. The summed E-state index contributed by atoms with van der Waals surface area (Å²) in [5.41, 5.74) is 0.806. The topological polar surface area (TPSA) is 93.0 Å². The predicted molar refractivity (Wildman–Crippen MR) is 93.8 cm³/mol. The van der Waals surface area contributed by atoms with E-state index in [2.05, 4.69) is 25.1 Å². The van der Waals surface area contributed by atoms with Crippen molar-refractivity contribution in [3.63, 3.8) is 0 Å². The lowest BCUT2D eigenvalue weighted by atomic mass is 9.96. The molecule has 2 aromatic heterocycles. The second kappa shape index (κ2) is 6.86. The van der Waals surface area contributed by atoms with Crippen molar-refractivity contribution in [1.29, 1.82) is 0 Å². The third-order valence-corrected chi connectivity index (χ3v) is 5.08. The number of piperidine rings is 1. The first-order valence-electron chi connectivity index (χ1n) is 9.04. The number of nitrogens with one attached hydrogen (secondary N) is 1. The molecule has 0 spiro atoms. The van der Waals surface area contributed by atoms with E-state index in [0.717, 1.165) is 25.2 Å². The van der Waals surface area contributed by atoms with Gasteiger partial charge in [0.25, 0.3) is 11.8 Å². The van der Waals surface area contributed by atoms with Crippen LogP contribution in [0.1, 0.15) is 64.3 Å². The summed E-state index contributed by atoms with van der Waals surface area (Å²) < 4.78 is 2.18. The molecule has 1 saturated heterocycles. The van der Waals surface area contributed by atoms with Crippen LogP contribution in [0.2, 0.25) is 0 Å². The van der Waals surface area contributed by atoms with Crippen molar-refractivity contribution in [2.24, 2.45) is 0 Å². The number of likely N-dealkylation sites (tertiary alicyclic amines) is 1. The van der Waals surface area contributed by atoms with Gasteiger partial charge in [0.2, 0.25) is 0 Å². The Bertz CT molecular complexity index is 811. The Hall–Kier alpha value is -2.77. The van der Waals surface area contributed by atoms with E-state index in [1.165, 1.54) is 19.0 Å². The van der Waals surface area contributed by atoms with Crippen molar-refractivity contribution >= 4 is 11.8 Å². The summed E-state index contributed by atoms with van der Waals surface area (Å²) in [4.78, 5) is 30.4. The quantitative estimate of drug-likeness (QED) is 0.895. The highest BCUT2D eigenvalue weighted by atomic mass is 16.2. The molecule has 0 bridgehead atoms. The maximum atomic E-state index is 12.8. The minimum absolute atomic E-state index is 0.0526. The van der Waals surface area contributed by atoms with Crippen LogP contribution in [0, 0.1) is 0 Å². The van der Waals surface area contributed by atoms with E-state index in [-0.39, 0.29) is 17.7 Å². The smallest absolute Gasteiger partial charge is 0.269 e. The number of carbonyl (C=O) groups is 2. The van der Waals surface area contributed by atoms with E-state index in [9.17, 15) is 9.59 Å². The number of hydrogen-bond acceptors (Lipinski definition) is 5. The summed E-state index contributed by atoms with van der Waals surface area (Å²) in [6.07, 6.45) is 7.62. The third kappa shape index (κ3) is 3.18. The maximum absolute atomic E-state index is 12.8. The fourth-order valence-corrected chi connectivity index (χ4v) is 3.52. The number of rotatable bonds is 4. The average Bonchev–Trinajstić information content (AvgIpc) is 3.43. The lowest BCUT2D eigenvalue weighted by molar-refractivity contribution is 0.0702. The molecule has 4 rings (SSSR count). The van der Waals surface area contributed by atoms with Gasteiger partial charge in [-0.25, -0.2) is 0 Å². The van der Waals surface area contributed by atoms with Gasteiger partial charge in [0.05, 0.1) is 5.56 Å². The van der Waals surface area contributed by atoms with Gasteiger partial charge in [0.1, 0.15) is 17.8 Å². The van der Waals surface area contributed by atoms with Gasteiger partial charge >= 0.3 is 0 Å². The monoisotopic (exact) mass is 354 g/mol. The first-order chi connectivity index (χ1) is 12.7. The Morgan fingerprint density at radius 1 is 1.23 bits per heavy atom. The minimum Gasteiger partial charge on any atom is -0.354 e. The number of aromatic nitrogens is 4. The van der Waals surface area contributed by atoms with Gasteiger partial charge in [-0.05, 0) is 37.8 Å². The van der Waals surface area contributed by atoms with E-state index in [1.54, 1.807) is 19.2 Å². The number of hydrogen-bond donors (Lipinski definition) is 1. The molecule has 1 unspecified atom stereocenters. The second-order valence-corrected chi connectivity index (χ2v) is 6.93. The predicted octanol–water partition coefficient (Wildman–Crippen LogP) is 1.39. The van der Waals surface area contributed by atoms with Crippen LogP contribution in [-0.2, 0) is 0 Å². The Balaban J connectivity index is 1.47. The van der Waals surface area contributed by atoms with E-state index in [1.807, 2.05) is 11.2 Å². The van der Waals surface area contributed by atoms with Crippen LogP contribution < -0.4 is 5.32 Å². The second-order valence-electron chi connectivity index (χ2n) is 6.93. The molecule has 2 amide bonds. The molecule has 26 heavy (non-hydrogen) atoms. The largest absolute Gasteiger partial charge is 0.354 e. The summed E-state index contributed by atoms with van der Waals surface area (Å²) in [6, 6.07) is 3.78. The van der Waals surface area contributed by atoms with Gasteiger partial charge in [0, 0.05) is 38.3 Å². The summed E-state index contributed by atoms with van der Waals surface area (Å²) in [6.45, 7) is 1.37. The zero-order valence-electron chi connectivity index (χ0n) is 14.8. The molecule has 1 N–H and O–H groups in total. The molecule has 136 valence electrons. The summed E-state index contributed by atoms with van der Waals surface area (Å²) in [5.74, 6) is 0.900. The van der Waals surface area contributed by atoms with Crippen molar-refractivity contribution in [3.8, 4) is 0 Å².